The third-order valence-corrected chi connectivity index (χ3v) is 5.10. The molecule has 0 aliphatic carbocycles. The van der Waals surface area contributed by atoms with Gasteiger partial charge in [-0.3, -0.25) is 9.89 Å². The van der Waals surface area contributed by atoms with Crippen molar-refractivity contribution >= 4 is 29.9 Å². The highest BCUT2D eigenvalue weighted by molar-refractivity contribution is 14.0. The predicted octanol–water partition coefficient (Wildman–Crippen LogP) is 2.67. The second kappa shape index (κ2) is 14.1. The molecule has 0 radical (unpaired) electrons. The molecular formula is C19H38IN7. The molecule has 1 aromatic heterocycles. The summed E-state index contributed by atoms with van der Waals surface area (Å²) >= 11 is 0. The molecule has 0 amide bonds. The van der Waals surface area contributed by atoms with Crippen LogP contribution in [0.1, 0.15) is 58.7 Å². The van der Waals surface area contributed by atoms with Crippen LogP contribution < -0.4 is 10.6 Å². The molecule has 1 fully saturated rings. The molecule has 156 valence electrons. The van der Waals surface area contributed by atoms with Gasteiger partial charge in [-0.25, -0.2) is 0 Å². The van der Waals surface area contributed by atoms with Crippen molar-refractivity contribution in [1.29, 1.82) is 0 Å². The zero-order chi connectivity index (χ0) is 18.6. The van der Waals surface area contributed by atoms with Gasteiger partial charge in [-0.15, -0.1) is 34.2 Å². The lowest BCUT2D eigenvalue weighted by atomic mass is 10.2. The van der Waals surface area contributed by atoms with Crippen LogP contribution in [0.25, 0.3) is 0 Å². The number of hydrogen-bond donors (Lipinski definition) is 2. The lowest BCUT2D eigenvalue weighted by Gasteiger charge is -2.21. The lowest BCUT2D eigenvalue weighted by Crippen LogP contribution is -2.41. The minimum absolute atomic E-state index is 0. The van der Waals surface area contributed by atoms with Crippen LogP contribution >= 0.6 is 24.0 Å². The number of aromatic nitrogens is 3. The minimum atomic E-state index is 0. The van der Waals surface area contributed by atoms with Gasteiger partial charge in [-0.1, -0.05) is 33.6 Å². The molecule has 0 saturated carbocycles. The fourth-order valence-corrected chi connectivity index (χ4v) is 3.51. The summed E-state index contributed by atoms with van der Waals surface area (Å²) in [6.45, 7) is 12.5. The number of nitrogens with zero attached hydrogens (tertiary/aromatic N) is 5. The first-order chi connectivity index (χ1) is 12.8. The minimum Gasteiger partial charge on any atom is -0.356 e. The van der Waals surface area contributed by atoms with Gasteiger partial charge in [-0.2, -0.15) is 0 Å². The number of aliphatic imine (C=N–C) groups is 1. The molecule has 0 spiro atoms. The van der Waals surface area contributed by atoms with Crippen LogP contribution in [0.4, 0.5) is 0 Å². The van der Waals surface area contributed by atoms with Gasteiger partial charge < -0.3 is 15.2 Å². The molecule has 0 bridgehead atoms. The number of nitrogens with one attached hydrogen (secondary N) is 2. The highest BCUT2D eigenvalue weighted by atomic mass is 127. The van der Waals surface area contributed by atoms with Crippen LogP contribution in [0.15, 0.2) is 11.3 Å². The maximum absolute atomic E-state index is 4.88. The Morgan fingerprint density at radius 2 is 2.04 bits per heavy atom. The van der Waals surface area contributed by atoms with Crippen LogP contribution in [-0.2, 0) is 13.0 Å². The maximum atomic E-state index is 4.88. The molecule has 1 aliphatic rings. The number of guanidine groups is 1. The molecule has 0 aromatic carbocycles. The first-order valence-electron chi connectivity index (χ1n) is 10.4. The number of aryl methyl sites for hydroxylation is 1. The van der Waals surface area contributed by atoms with Crippen LogP contribution in [-0.4, -0.2) is 64.4 Å². The van der Waals surface area contributed by atoms with Gasteiger partial charge in [-0.05, 0) is 32.4 Å². The summed E-state index contributed by atoms with van der Waals surface area (Å²) in [4.78, 5) is 7.42. The Labute approximate surface area is 181 Å². The largest absolute Gasteiger partial charge is 0.356 e. The topological polar surface area (TPSA) is 70.4 Å². The highest BCUT2D eigenvalue weighted by Crippen LogP contribution is 2.16. The van der Waals surface area contributed by atoms with E-state index in [9.17, 15) is 0 Å². The van der Waals surface area contributed by atoms with Crippen LogP contribution in [0.5, 0.6) is 0 Å². The van der Waals surface area contributed by atoms with E-state index in [0.29, 0.717) is 6.04 Å². The summed E-state index contributed by atoms with van der Waals surface area (Å²) in [5.74, 6) is 1.97. The Hall–Kier alpha value is -0.900. The number of hydrogen-bond acceptors (Lipinski definition) is 4. The molecule has 1 aliphatic heterocycles. The first kappa shape index (κ1) is 24.1. The molecule has 1 atom stereocenters. The van der Waals surface area contributed by atoms with E-state index in [4.69, 9.17) is 4.99 Å². The second-order valence-corrected chi connectivity index (χ2v) is 6.97. The number of halogens is 1. The van der Waals surface area contributed by atoms with Crippen molar-refractivity contribution in [2.24, 2.45) is 4.99 Å². The van der Waals surface area contributed by atoms with Crippen LogP contribution in [0.3, 0.4) is 0 Å². The summed E-state index contributed by atoms with van der Waals surface area (Å²) < 4.78 is 2.11. The van der Waals surface area contributed by atoms with Crippen molar-refractivity contribution in [2.45, 2.75) is 71.9 Å². The average Bonchev–Trinajstić information content (AvgIpc) is 3.31. The molecular weight excluding hydrogens is 453 g/mol. The maximum Gasteiger partial charge on any atom is 0.191 e. The van der Waals surface area contributed by atoms with Gasteiger partial charge in [0.05, 0.1) is 6.54 Å². The Bertz CT molecular complexity index is 532. The van der Waals surface area contributed by atoms with Crippen molar-refractivity contribution < 1.29 is 0 Å². The normalized spacial score (nSPS) is 17.7. The van der Waals surface area contributed by atoms with E-state index in [-0.39, 0.29) is 24.0 Å². The monoisotopic (exact) mass is 491 g/mol. The van der Waals surface area contributed by atoms with Crippen LogP contribution in [0, 0.1) is 0 Å². The van der Waals surface area contributed by atoms with Crippen LogP contribution in [0.2, 0.25) is 0 Å². The molecule has 7 nitrogen and oxygen atoms in total. The molecule has 27 heavy (non-hydrogen) atoms. The van der Waals surface area contributed by atoms with E-state index in [1.165, 1.54) is 38.6 Å². The van der Waals surface area contributed by atoms with Gasteiger partial charge in [0, 0.05) is 32.1 Å². The van der Waals surface area contributed by atoms with Crippen molar-refractivity contribution in [1.82, 2.24) is 30.3 Å². The molecule has 2 N–H and O–H groups in total. The fraction of sp³-hybridized carbons (Fsp3) is 0.842. The molecule has 1 aromatic rings. The van der Waals surface area contributed by atoms with Crippen molar-refractivity contribution in [3.63, 3.8) is 0 Å². The van der Waals surface area contributed by atoms with E-state index in [2.05, 4.69) is 51.1 Å². The highest BCUT2D eigenvalue weighted by Gasteiger charge is 2.22. The second-order valence-electron chi connectivity index (χ2n) is 6.97. The number of rotatable bonds is 11. The SMILES string of the molecule is CCCCCNC(=NCC1CCCN1CC)NCCn1cnnc1CC.I. The van der Waals surface area contributed by atoms with Gasteiger partial charge >= 0.3 is 0 Å². The summed E-state index contributed by atoms with van der Waals surface area (Å²) in [5.41, 5.74) is 0. The Kier molecular flexibility index (Phi) is 12.6. The van der Waals surface area contributed by atoms with Crippen molar-refractivity contribution in [2.75, 3.05) is 32.7 Å². The quantitative estimate of drug-likeness (QED) is 0.216. The third-order valence-electron chi connectivity index (χ3n) is 5.10. The number of likely N-dealkylation sites (tertiary alicyclic amines) is 1. The average molecular weight is 491 g/mol. The van der Waals surface area contributed by atoms with Gasteiger partial charge in [0.2, 0.25) is 0 Å². The van der Waals surface area contributed by atoms with E-state index >= 15 is 0 Å². The number of likely N-dealkylation sites (N-methyl/N-ethyl adjacent to an activating group) is 1. The van der Waals surface area contributed by atoms with Crippen molar-refractivity contribution in [3.8, 4) is 0 Å². The van der Waals surface area contributed by atoms with Gasteiger partial charge in [0.1, 0.15) is 12.2 Å². The summed E-state index contributed by atoms with van der Waals surface area (Å²) in [6.07, 6.45) is 8.96. The Balaban J connectivity index is 0.00000364. The summed E-state index contributed by atoms with van der Waals surface area (Å²) in [6, 6.07) is 0.596. The third kappa shape index (κ3) is 8.33. The van der Waals surface area contributed by atoms with E-state index in [1.807, 2.05) is 6.33 Å². The van der Waals surface area contributed by atoms with E-state index < -0.39 is 0 Å². The zero-order valence-electron chi connectivity index (χ0n) is 17.3. The zero-order valence-corrected chi connectivity index (χ0v) is 19.6. The van der Waals surface area contributed by atoms with E-state index in [0.717, 1.165) is 50.9 Å². The standard InChI is InChI=1S/C19H37N7.HI/c1-4-7-8-11-20-19(22-15-17-10-9-13-25(17)6-3)21-12-14-26-16-23-24-18(26)5-2;/h16-17H,4-15H2,1-3H3,(H2,20,21,22);1H. The van der Waals surface area contributed by atoms with E-state index in [1.54, 1.807) is 0 Å². The lowest BCUT2D eigenvalue weighted by molar-refractivity contribution is 0.273. The molecule has 1 saturated heterocycles. The fourth-order valence-electron chi connectivity index (χ4n) is 3.51. The van der Waals surface area contributed by atoms with Gasteiger partial charge in [0.15, 0.2) is 5.96 Å². The molecule has 1 unspecified atom stereocenters. The summed E-state index contributed by atoms with van der Waals surface area (Å²) in [7, 11) is 0. The molecule has 2 heterocycles. The Morgan fingerprint density at radius 3 is 2.78 bits per heavy atom. The predicted molar refractivity (Wildman–Crippen MR) is 123 cm³/mol. The molecule has 8 heteroatoms. The first-order valence-corrected chi connectivity index (χ1v) is 10.4. The Morgan fingerprint density at radius 1 is 1.22 bits per heavy atom. The smallest absolute Gasteiger partial charge is 0.191 e. The molecule has 2 rings (SSSR count). The van der Waals surface area contributed by atoms with Gasteiger partial charge in [0.25, 0.3) is 0 Å². The number of unbranched alkanes of at least 4 members (excludes halogenated alkanes) is 2. The van der Waals surface area contributed by atoms with Crippen molar-refractivity contribution in [3.05, 3.63) is 12.2 Å². The summed E-state index contributed by atoms with van der Waals surface area (Å²) in [5, 5.41) is 15.1.